The molecule has 0 radical (unpaired) electrons. The van der Waals surface area contributed by atoms with E-state index in [9.17, 15) is 4.79 Å². The quantitative estimate of drug-likeness (QED) is 0.785. The number of methoxy groups -OCH3 is 1. The van der Waals surface area contributed by atoms with Crippen LogP contribution in [0.15, 0.2) is 28.7 Å². The van der Waals surface area contributed by atoms with Gasteiger partial charge in [-0.05, 0) is 59.1 Å². The molecule has 1 rings (SSSR count). The van der Waals surface area contributed by atoms with E-state index in [0.29, 0.717) is 0 Å². The van der Waals surface area contributed by atoms with E-state index in [1.54, 1.807) is 20.1 Å². The van der Waals surface area contributed by atoms with E-state index in [4.69, 9.17) is 4.74 Å². The number of rotatable bonds is 3. The second-order valence-electron chi connectivity index (χ2n) is 3.29. The Morgan fingerprint density at radius 1 is 1.40 bits per heavy atom. The Morgan fingerprint density at radius 3 is 2.60 bits per heavy atom. The fraction of sp³-hybridized carbons (Fsp3) is 0.250. The highest BCUT2D eigenvalue weighted by atomic mass is 79.9. The van der Waals surface area contributed by atoms with E-state index in [-0.39, 0.29) is 5.78 Å². The number of halogens is 1. The zero-order valence-electron chi connectivity index (χ0n) is 9.00. The molecule has 0 heterocycles. The van der Waals surface area contributed by atoms with Gasteiger partial charge in [-0.1, -0.05) is 6.07 Å². The number of ketones is 1. The van der Waals surface area contributed by atoms with Crippen molar-refractivity contribution in [1.29, 1.82) is 0 Å². The van der Waals surface area contributed by atoms with Gasteiger partial charge in [0, 0.05) is 0 Å². The Balaban J connectivity index is 3.11. The Hall–Kier alpha value is -1.09. The summed E-state index contributed by atoms with van der Waals surface area (Å²) >= 11 is 3.38. The smallest absolute Gasteiger partial charge is 0.152 e. The third-order valence-electron chi connectivity index (χ3n) is 2.03. The van der Waals surface area contributed by atoms with Gasteiger partial charge in [-0.15, -0.1) is 0 Å². The molecule has 0 aromatic heterocycles. The second kappa shape index (κ2) is 5.12. The Morgan fingerprint density at radius 2 is 2.07 bits per heavy atom. The number of ether oxygens (including phenoxy) is 1. The van der Waals surface area contributed by atoms with Crippen LogP contribution >= 0.6 is 15.9 Å². The van der Waals surface area contributed by atoms with Crippen LogP contribution in [0.2, 0.25) is 0 Å². The Kier molecular flexibility index (Phi) is 4.09. The molecule has 0 aliphatic carbocycles. The van der Waals surface area contributed by atoms with Gasteiger partial charge in [-0.3, -0.25) is 4.79 Å². The molecule has 0 saturated heterocycles. The predicted molar refractivity (Wildman–Crippen MR) is 65.0 cm³/mol. The van der Waals surface area contributed by atoms with Gasteiger partial charge in [-0.2, -0.15) is 0 Å². The van der Waals surface area contributed by atoms with Crippen LogP contribution in [0.25, 0.3) is 5.57 Å². The summed E-state index contributed by atoms with van der Waals surface area (Å²) in [5, 5.41) is 0. The minimum Gasteiger partial charge on any atom is -0.496 e. The average Bonchev–Trinajstić information content (AvgIpc) is 2.17. The summed E-state index contributed by atoms with van der Waals surface area (Å²) in [7, 11) is 1.62. The molecule has 0 spiro atoms. The van der Waals surface area contributed by atoms with Gasteiger partial charge in [0.2, 0.25) is 0 Å². The minimum absolute atomic E-state index is 0.0504. The summed E-state index contributed by atoms with van der Waals surface area (Å²) in [4.78, 5) is 10.9. The first-order valence-electron chi connectivity index (χ1n) is 4.57. The molecule has 0 N–H and O–H groups in total. The van der Waals surface area contributed by atoms with Gasteiger partial charge in [0.15, 0.2) is 5.78 Å². The molecule has 1 aromatic rings. The first-order chi connectivity index (χ1) is 7.04. The molecule has 0 fully saturated rings. The van der Waals surface area contributed by atoms with Crippen molar-refractivity contribution in [3.8, 4) is 5.75 Å². The summed E-state index contributed by atoms with van der Waals surface area (Å²) in [5.41, 5.74) is 1.93. The lowest BCUT2D eigenvalue weighted by atomic mass is 10.1. The fourth-order valence-corrected chi connectivity index (χ4v) is 1.70. The summed E-state index contributed by atoms with van der Waals surface area (Å²) in [5.74, 6) is 0.818. The molecule has 1 aromatic carbocycles. The highest BCUT2D eigenvalue weighted by Gasteiger charge is 2.03. The van der Waals surface area contributed by atoms with Gasteiger partial charge in [-0.25, -0.2) is 0 Å². The standard InChI is InChI=1S/C12H13BrO2/c1-8(6-9(2)14)10-4-5-11(13)12(7-10)15-3/h4-7H,1-3H3/b8-6+. The highest BCUT2D eigenvalue weighted by Crippen LogP contribution is 2.28. The predicted octanol–water partition coefficient (Wildman–Crippen LogP) is 3.45. The van der Waals surface area contributed by atoms with Crippen molar-refractivity contribution in [2.45, 2.75) is 13.8 Å². The number of allylic oxidation sites excluding steroid dienone is 2. The summed E-state index contributed by atoms with van der Waals surface area (Å²) < 4.78 is 6.09. The topological polar surface area (TPSA) is 26.3 Å². The van der Waals surface area contributed by atoms with Crippen LogP contribution < -0.4 is 4.74 Å². The van der Waals surface area contributed by atoms with E-state index < -0.39 is 0 Å². The van der Waals surface area contributed by atoms with Crippen molar-refractivity contribution in [1.82, 2.24) is 0 Å². The van der Waals surface area contributed by atoms with Crippen molar-refractivity contribution >= 4 is 27.3 Å². The molecule has 15 heavy (non-hydrogen) atoms. The SMILES string of the molecule is COc1cc(/C(C)=C/C(C)=O)ccc1Br. The normalized spacial score (nSPS) is 11.3. The van der Waals surface area contributed by atoms with Crippen LogP contribution in [0, 0.1) is 0 Å². The first kappa shape index (κ1) is 12.0. The highest BCUT2D eigenvalue weighted by molar-refractivity contribution is 9.10. The summed E-state index contributed by atoms with van der Waals surface area (Å²) in [6.07, 6.45) is 1.61. The average molecular weight is 269 g/mol. The van der Waals surface area contributed by atoms with E-state index >= 15 is 0 Å². The molecule has 0 aliphatic heterocycles. The van der Waals surface area contributed by atoms with Gasteiger partial charge in [0.05, 0.1) is 11.6 Å². The van der Waals surface area contributed by atoms with Crippen molar-refractivity contribution in [3.63, 3.8) is 0 Å². The van der Waals surface area contributed by atoms with Crippen molar-refractivity contribution < 1.29 is 9.53 Å². The summed E-state index contributed by atoms with van der Waals surface area (Å²) in [6.45, 7) is 3.45. The van der Waals surface area contributed by atoms with Crippen LogP contribution in [0.3, 0.4) is 0 Å². The van der Waals surface area contributed by atoms with Crippen LogP contribution in [-0.2, 0) is 4.79 Å². The molecular weight excluding hydrogens is 256 g/mol. The molecule has 0 amide bonds. The van der Waals surface area contributed by atoms with Crippen LogP contribution in [0.5, 0.6) is 5.75 Å². The van der Waals surface area contributed by atoms with Crippen molar-refractivity contribution in [2.24, 2.45) is 0 Å². The molecule has 0 unspecified atom stereocenters. The summed E-state index contributed by atoms with van der Waals surface area (Å²) in [6, 6.07) is 5.76. The molecule has 80 valence electrons. The van der Waals surface area contributed by atoms with E-state index in [0.717, 1.165) is 21.4 Å². The van der Waals surface area contributed by atoms with E-state index in [1.807, 2.05) is 25.1 Å². The molecular formula is C12H13BrO2. The van der Waals surface area contributed by atoms with Crippen molar-refractivity contribution in [2.75, 3.05) is 7.11 Å². The number of carbonyl (C=O) groups excluding carboxylic acids is 1. The van der Waals surface area contributed by atoms with Gasteiger partial charge >= 0.3 is 0 Å². The maximum absolute atomic E-state index is 10.9. The molecule has 3 heteroatoms. The number of benzene rings is 1. The number of hydrogen-bond donors (Lipinski definition) is 0. The first-order valence-corrected chi connectivity index (χ1v) is 5.36. The fourth-order valence-electron chi connectivity index (χ4n) is 1.29. The van der Waals surface area contributed by atoms with E-state index in [2.05, 4.69) is 15.9 Å². The molecule has 0 saturated carbocycles. The lowest BCUT2D eigenvalue weighted by molar-refractivity contribution is -0.112. The largest absolute Gasteiger partial charge is 0.496 e. The molecule has 2 nitrogen and oxygen atoms in total. The molecule has 0 aliphatic rings. The molecule has 0 atom stereocenters. The number of carbonyl (C=O) groups is 1. The Labute approximate surface area is 98.1 Å². The Bertz CT molecular complexity index is 408. The third-order valence-corrected chi connectivity index (χ3v) is 2.68. The maximum atomic E-state index is 10.9. The van der Waals surface area contributed by atoms with Gasteiger partial charge in [0.1, 0.15) is 5.75 Å². The van der Waals surface area contributed by atoms with Crippen LogP contribution in [-0.4, -0.2) is 12.9 Å². The van der Waals surface area contributed by atoms with Gasteiger partial charge in [0.25, 0.3) is 0 Å². The number of hydrogen-bond acceptors (Lipinski definition) is 2. The molecule has 0 bridgehead atoms. The zero-order valence-corrected chi connectivity index (χ0v) is 10.6. The minimum atomic E-state index is 0.0504. The lowest BCUT2D eigenvalue weighted by Gasteiger charge is -2.06. The van der Waals surface area contributed by atoms with Crippen molar-refractivity contribution in [3.05, 3.63) is 34.3 Å². The third kappa shape index (κ3) is 3.20. The van der Waals surface area contributed by atoms with E-state index in [1.165, 1.54) is 0 Å². The van der Waals surface area contributed by atoms with Crippen LogP contribution in [0.4, 0.5) is 0 Å². The van der Waals surface area contributed by atoms with Gasteiger partial charge < -0.3 is 4.74 Å². The zero-order chi connectivity index (χ0) is 11.4. The lowest BCUT2D eigenvalue weighted by Crippen LogP contribution is -1.89. The monoisotopic (exact) mass is 268 g/mol. The maximum Gasteiger partial charge on any atom is 0.152 e. The second-order valence-corrected chi connectivity index (χ2v) is 4.14. The van der Waals surface area contributed by atoms with Crippen LogP contribution in [0.1, 0.15) is 19.4 Å².